The number of carbonyl (C=O) groups is 2. The number of rotatable bonds is 5. The number of para-hydroxylation sites is 1. The Morgan fingerprint density at radius 2 is 1.77 bits per heavy atom. The van der Waals surface area contributed by atoms with Gasteiger partial charge in [-0.1, -0.05) is 36.4 Å². The number of amides is 2. The third-order valence-electron chi connectivity index (χ3n) is 5.26. The lowest BCUT2D eigenvalue weighted by Gasteiger charge is -2.14. The second-order valence-corrected chi connectivity index (χ2v) is 8.57. The summed E-state index contributed by atoms with van der Waals surface area (Å²) in [5.74, 6) is 1.03. The highest BCUT2D eigenvalue weighted by Crippen LogP contribution is 2.37. The van der Waals surface area contributed by atoms with Crippen molar-refractivity contribution < 1.29 is 19.1 Å². The first-order valence-electron chi connectivity index (χ1n) is 9.98. The fourth-order valence-corrected chi connectivity index (χ4v) is 4.86. The van der Waals surface area contributed by atoms with Crippen molar-refractivity contribution in [3.8, 4) is 11.5 Å². The van der Waals surface area contributed by atoms with E-state index in [4.69, 9.17) is 9.47 Å². The highest BCUT2D eigenvalue weighted by Gasteiger charge is 2.28. The van der Waals surface area contributed by atoms with Gasteiger partial charge in [-0.2, -0.15) is 0 Å². The van der Waals surface area contributed by atoms with E-state index in [2.05, 4.69) is 10.6 Å². The maximum Gasteiger partial charge on any atom is 0.253 e. The van der Waals surface area contributed by atoms with Gasteiger partial charge < -0.3 is 20.1 Å². The summed E-state index contributed by atoms with van der Waals surface area (Å²) < 4.78 is 10.7. The van der Waals surface area contributed by atoms with E-state index < -0.39 is 0 Å². The van der Waals surface area contributed by atoms with Crippen molar-refractivity contribution in [3.63, 3.8) is 0 Å². The van der Waals surface area contributed by atoms with Crippen LogP contribution >= 0.6 is 11.8 Å². The molecule has 2 aliphatic heterocycles. The van der Waals surface area contributed by atoms with Gasteiger partial charge in [-0.15, -0.1) is 11.8 Å². The van der Waals surface area contributed by atoms with Crippen LogP contribution in [0, 0.1) is 0 Å². The molecule has 2 heterocycles. The van der Waals surface area contributed by atoms with Crippen molar-refractivity contribution in [1.82, 2.24) is 5.32 Å². The topological polar surface area (TPSA) is 76.7 Å². The Balaban J connectivity index is 1.25. The molecule has 2 amide bonds. The predicted octanol–water partition coefficient (Wildman–Crippen LogP) is 4.00. The summed E-state index contributed by atoms with van der Waals surface area (Å²) in [6.45, 7) is 0.550. The Hall–Kier alpha value is -3.45. The van der Waals surface area contributed by atoms with Crippen molar-refractivity contribution in [2.24, 2.45) is 0 Å². The average Bonchev–Trinajstić information content (AvgIpc) is 3.44. The highest BCUT2D eigenvalue weighted by atomic mass is 32.2. The van der Waals surface area contributed by atoms with Gasteiger partial charge in [0, 0.05) is 11.4 Å². The Labute approximate surface area is 183 Å². The number of carbonyl (C=O) groups excluding carboxylic acids is 2. The van der Waals surface area contributed by atoms with Crippen molar-refractivity contribution in [3.05, 3.63) is 83.4 Å². The van der Waals surface area contributed by atoms with Gasteiger partial charge in [0.1, 0.15) is 0 Å². The second-order valence-electron chi connectivity index (χ2n) is 7.32. The molecule has 0 spiro atoms. The maximum atomic E-state index is 12.9. The maximum absolute atomic E-state index is 12.9. The summed E-state index contributed by atoms with van der Waals surface area (Å²) in [6.07, 6.45) is 0.686. The third kappa shape index (κ3) is 4.09. The monoisotopic (exact) mass is 432 g/mol. The van der Waals surface area contributed by atoms with Crippen LogP contribution in [-0.2, 0) is 17.8 Å². The summed E-state index contributed by atoms with van der Waals surface area (Å²) in [4.78, 5) is 26.8. The van der Waals surface area contributed by atoms with Crippen LogP contribution in [0.1, 0.15) is 21.5 Å². The van der Waals surface area contributed by atoms with Gasteiger partial charge in [0.05, 0.1) is 16.5 Å². The summed E-state index contributed by atoms with van der Waals surface area (Å²) >= 11 is 1.56. The van der Waals surface area contributed by atoms with E-state index in [-0.39, 0.29) is 23.9 Å². The van der Waals surface area contributed by atoms with Crippen LogP contribution in [0.15, 0.2) is 71.6 Å². The smallest absolute Gasteiger partial charge is 0.253 e. The molecule has 0 bridgehead atoms. The molecule has 0 saturated carbocycles. The van der Waals surface area contributed by atoms with E-state index >= 15 is 0 Å². The molecule has 2 aliphatic rings. The minimum atomic E-state index is -0.254. The molecule has 31 heavy (non-hydrogen) atoms. The first-order chi connectivity index (χ1) is 15.2. The van der Waals surface area contributed by atoms with Gasteiger partial charge in [-0.25, -0.2) is 0 Å². The quantitative estimate of drug-likeness (QED) is 0.637. The lowest BCUT2D eigenvalue weighted by atomic mass is 10.1. The number of anilines is 1. The number of benzene rings is 3. The molecule has 0 aromatic heterocycles. The predicted molar refractivity (Wildman–Crippen MR) is 119 cm³/mol. The molecular formula is C24H20N2O4S. The van der Waals surface area contributed by atoms with Crippen molar-refractivity contribution in [2.75, 3.05) is 12.1 Å². The summed E-state index contributed by atoms with van der Waals surface area (Å²) in [5.41, 5.74) is 3.02. The van der Waals surface area contributed by atoms with Gasteiger partial charge in [-0.05, 0) is 47.9 Å². The van der Waals surface area contributed by atoms with Gasteiger partial charge in [0.25, 0.3) is 5.91 Å². The molecule has 5 rings (SSSR count). The van der Waals surface area contributed by atoms with Crippen LogP contribution in [0.4, 0.5) is 5.69 Å². The summed E-state index contributed by atoms with van der Waals surface area (Å²) in [7, 11) is 0. The van der Waals surface area contributed by atoms with Gasteiger partial charge in [-0.3, -0.25) is 9.59 Å². The molecule has 156 valence electrons. The SMILES string of the molecule is O=C(NCc1ccc2c(c1)OCO2)c1ccccc1NC(=O)C1Cc2ccccc2S1. The van der Waals surface area contributed by atoms with Crippen molar-refractivity contribution in [1.29, 1.82) is 0 Å². The fraction of sp³-hybridized carbons (Fsp3) is 0.167. The Bertz CT molecular complexity index is 1140. The first kappa shape index (κ1) is 19.5. The first-order valence-corrected chi connectivity index (χ1v) is 10.9. The van der Waals surface area contributed by atoms with E-state index in [0.29, 0.717) is 35.7 Å². The molecular weight excluding hydrogens is 412 g/mol. The number of hydrogen-bond acceptors (Lipinski definition) is 5. The molecule has 3 aromatic carbocycles. The molecule has 2 N–H and O–H groups in total. The van der Waals surface area contributed by atoms with Crippen LogP contribution in [-0.4, -0.2) is 23.9 Å². The number of nitrogens with one attached hydrogen (secondary N) is 2. The van der Waals surface area contributed by atoms with Gasteiger partial charge >= 0.3 is 0 Å². The van der Waals surface area contributed by atoms with Crippen LogP contribution in [0.5, 0.6) is 11.5 Å². The van der Waals surface area contributed by atoms with Crippen LogP contribution in [0.3, 0.4) is 0 Å². The zero-order chi connectivity index (χ0) is 21.2. The minimum Gasteiger partial charge on any atom is -0.454 e. The molecule has 7 heteroatoms. The lowest BCUT2D eigenvalue weighted by molar-refractivity contribution is -0.115. The Morgan fingerprint density at radius 1 is 0.968 bits per heavy atom. The molecule has 0 saturated heterocycles. The summed E-state index contributed by atoms with van der Waals surface area (Å²) in [6, 6.07) is 20.7. The molecule has 3 aromatic rings. The van der Waals surface area contributed by atoms with Crippen LogP contribution in [0.25, 0.3) is 0 Å². The lowest BCUT2D eigenvalue weighted by Crippen LogP contribution is -2.28. The third-order valence-corrected chi connectivity index (χ3v) is 6.58. The number of ether oxygens (including phenoxy) is 2. The van der Waals surface area contributed by atoms with Gasteiger partial charge in [0.2, 0.25) is 12.7 Å². The van der Waals surface area contributed by atoms with E-state index in [1.165, 1.54) is 5.56 Å². The zero-order valence-electron chi connectivity index (χ0n) is 16.6. The Morgan fingerprint density at radius 3 is 2.68 bits per heavy atom. The molecule has 1 unspecified atom stereocenters. The number of fused-ring (bicyclic) bond motifs is 2. The second kappa shape index (κ2) is 8.35. The fourth-order valence-electron chi connectivity index (χ4n) is 3.66. The molecule has 0 aliphatic carbocycles. The van der Waals surface area contributed by atoms with E-state index in [1.54, 1.807) is 36.0 Å². The Kier molecular flexibility index (Phi) is 5.26. The normalized spacial score (nSPS) is 15.9. The number of thioether (sulfide) groups is 1. The highest BCUT2D eigenvalue weighted by molar-refractivity contribution is 8.01. The average molecular weight is 433 g/mol. The summed E-state index contributed by atoms with van der Waals surface area (Å²) in [5, 5.41) is 5.65. The molecule has 0 fully saturated rings. The van der Waals surface area contributed by atoms with E-state index in [0.717, 1.165) is 10.5 Å². The largest absolute Gasteiger partial charge is 0.454 e. The van der Waals surface area contributed by atoms with Crippen LogP contribution < -0.4 is 20.1 Å². The van der Waals surface area contributed by atoms with E-state index in [9.17, 15) is 9.59 Å². The molecule has 1 atom stereocenters. The van der Waals surface area contributed by atoms with Gasteiger partial charge in [0.15, 0.2) is 11.5 Å². The standard InChI is InChI=1S/C24H20N2O4S/c27-23(25-13-15-9-10-19-20(11-15)30-14-29-19)17-6-2-3-7-18(17)26-24(28)22-12-16-5-1-4-8-21(16)31-22/h1-11,22H,12-14H2,(H,25,27)(H,26,28). The van der Waals surface area contributed by atoms with Crippen molar-refractivity contribution in [2.45, 2.75) is 23.1 Å². The van der Waals surface area contributed by atoms with E-state index in [1.807, 2.05) is 42.5 Å². The zero-order valence-corrected chi connectivity index (χ0v) is 17.4. The van der Waals surface area contributed by atoms with Crippen molar-refractivity contribution >= 4 is 29.3 Å². The molecule has 0 radical (unpaired) electrons. The van der Waals surface area contributed by atoms with Crippen LogP contribution in [0.2, 0.25) is 0 Å². The minimum absolute atomic E-state index is 0.0998. The molecule has 6 nitrogen and oxygen atoms in total. The number of hydrogen-bond donors (Lipinski definition) is 2.